The van der Waals surface area contributed by atoms with Crippen LogP contribution in [0.15, 0.2) is 34.5 Å². The fourth-order valence-electron chi connectivity index (χ4n) is 1.86. The van der Waals surface area contributed by atoms with Gasteiger partial charge >= 0.3 is 6.18 Å². The average Bonchev–Trinajstić information content (AvgIpc) is 2.65. The van der Waals surface area contributed by atoms with Gasteiger partial charge in [-0.05, 0) is 50.4 Å². The molecular weight excluding hydrogens is 427 g/mol. The summed E-state index contributed by atoms with van der Waals surface area (Å²) in [5, 5.41) is 12.9. The van der Waals surface area contributed by atoms with Gasteiger partial charge in [-0.25, -0.2) is 0 Å². The van der Waals surface area contributed by atoms with E-state index in [-0.39, 0.29) is 21.5 Å². The van der Waals surface area contributed by atoms with Gasteiger partial charge in [0.25, 0.3) is 0 Å². The van der Waals surface area contributed by atoms with Crippen molar-refractivity contribution in [3.8, 4) is 0 Å². The molecule has 8 nitrogen and oxygen atoms in total. The fraction of sp³-hybridized carbons (Fsp3) is 0.312. The van der Waals surface area contributed by atoms with Crippen molar-refractivity contribution < 1.29 is 18.0 Å². The van der Waals surface area contributed by atoms with Gasteiger partial charge in [0.15, 0.2) is 10.2 Å². The highest BCUT2D eigenvalue weighted by atomic mass is 32.1. The highest BCUT2D eigenvalue weighted by molar-refractivity contribution is 7.80. The third kappa shape index (κ3) is 9.30. The van der Waals surface area contributed by atoms with Crippen molar-refractivity contribution >= 4 is 52.0 Å². The van der Waals surface area contributed by atoms with E-state index in [0.717, 1.165) is 0 Å². The largest absolute Gasteiger partial charge is 0.405 e. The first-order chi connectivity index (χ1) is 13.5. The molecule has 0 aliphatic rings. The zero-order valence-electron chi connectivity index (χ0n) is 15.6. The number of hydrogen-bond donors (Lipinski definition) is 5. The SMILES string of the molecule is CCNC(=S)NN=C(C)C(=NNC(=S)NCC(F)(F)F)c1ccc(C(N)=O)cc1. The number of primary amides is 1. The van der Waals surface area contributed by atoms with E-state index >= 15 is 0 Å². The Balaban J connectivity index is 3.07. The van der Waals surface area contributed by atoms with Gasteiger partial charge in [-0.3, -0.25) is 15.6 Å². The van der Waals surface area contributed by atoms with Gasteiger partial charge in [0.2, 0.25) is 5.91 Å². The van der Waals surface area contributed by atoms with E-state index in [1.54, 1.807) is 19.1 Å². The number of nitrogens with one attached hydrogen (secondary N) is 4. The van der Waals surface area contributed by atoms with Crippen molar-refractivity contribution in [2.24, 2.45) is 15.9 Å². The molecule has 0 aliphatic carbocycles. The number of carbonyl (C=O) groups excluding carboxylic acids is 1. The number of hydrazone groups is 2. The van der Waals surface area contributed by atoms with E-state index in [9.17, 15) is 18.0 Å². The van der Waals surface area contributed by atoms with E-state index in [1.807, 2.05) is 12.2 Å². The smallest absolute Gasteiger partial charge is 0.366 e. The Morgan fingerprint density at radius 3 is 2.07 bits per heavy atom. The quantitative estimate of drug-likeness (QED) is 0.244. The maximum absolute atomic E-state index is 12.3. The molecule has 0 atom stereocenters. The van der Waals surface area contributed by atoms with Crippen LogP contribution in [0, 0.1) is 0 Å². The van der Waals surface area contributed by atoms with E-state index in [0.29, 0.717) is 17.8 Å². The summed E-state index contributed by atoms with van der Waals surface area (Å²) in [6.07, 6.45) is -4.42. The highest BCUT2D eigenvalue weighted by Crippen LogP contribution is 2.12. The number of carbonyl (C=O) groups is 1. The van der Waals surface area contributed by atoms with Crippen LogP contribution in [0.2, 0.25) is 0 Å². The van der Waals surface area contributed by atoms with Crippen LogP contribution in [0.3, 0.4) is 0 Å². The second-order valence-corrected chi connectivity index (χ2v) is 6.30. The topological polar surface area (TPSA) is 116 Å². The summed E-state index contributed by atoms with van der Waals surface area (Å²) >= 11 is 9.82. The van der Waals surface area contributed by atoms with Gasteiger partial charge in [-0.15, -0.1) is 0 Å². The maximum Gasteiger partial charge on any atom is 0.405 e. The lowest BCUT2D eigenvalue weighted by atomic mass is 10.0. The van der Waals surface area contributed by atoms with Gasteiger partial charge in [0.1, 0.15) is 12.3 Å². The van der Waals surface area contributed by atoms with Crippen LogP contribution in [0.4, 0.5) is 13.2 Å². The Morgan fingerprint density at radius 2 is 1.55 bits per heavy atom. The first kappa shape index (κ1) is 24.2. The molecule has 0 aromatic heterocycles. The molecular formula is C16H20F3N7OS2. The Hall–Kier alpha value is -2.80. The van der Waals surface area contributed by atoms with Crippen LogP contribution in [-0.2, 0) is 0 Å². The third-order valence-corrected chi connectivity index (χ3v) is 3.64. The lowest BCUT2D eigenvalue weighted by molar-refractivity contribution is -0.122. The number of amides is 1. The number of hydrogen-bond acceptors (Lipinski definition) is 5. The minimum atomic E-state index is -4.42. The van der Waals surface area contributed by atoms with Crippen LogP contribution in [0.1, 0.15) is 29.8 Å². The third-order valence-electron chi connectivity index (χ3n) is 3.17. The molecule has 158 valence electrons. The summed E-state index contributed by atoms with van der Waals surface area (Å²) in [7, 11) is 0. The number of thiocarbonyl (C=S) groups is 2. The predicted molar refractivity (Wildman–Crippen MR) is 114 cm³/mol. The first-order valence-electron chi connectivity index (χ1n) is 8.20. The highest BCUT2D eigenvalue weighted by Gasteiger charge is 2.27. The summed E-state index contributed by atoms with van der Waals surface area (Å²) in [6, 6.07) is 6.09. The summed E-state index contributed by atoms with van der Waals surface area (Å²) in [5.74, 6) is -0.603. The molecule has 1 rings (SSSR count). The molecule has 0 saturated heterocycles. The van der Waals surface area contributed by atoms with Gasteiger partial charge in [-0.2, -0.15) is 23.4 Å². The Bertz CT molecular complexity index is 808. The van der Waals surface area contributed by atoms with Crippen molar-refractivity contribution in [3.05, 3.63) is 35.4 Å². The Kier molecular flexibility index (Phi) is 9.41. The summed E-state index contributed by atoms with van der Waals surface area (Å²) in [6.45, 7) is 2.76. The van der Waals surface area contributed by atoms with Crippen molar-refractivity contribution in [2.45, 2.75) is 20.0 Å². The first-order valence-corrected chi connectivity index (χ1v) is 9.02. The zero-order valence-corrected chi connectivity index (χ0v) is 17.2. The predicted octanol–water partition coefficient (Wildman–Crippen LogP) is 1.38. The lowest BCUT2D eigenvalue weighted by Gasteiger charge is -2.12. The molecule has 0 bridgehead atoms. The minimum absolute atomic E-state index is 0.254. The fourth-order valence-corrected chi connectivity index (χ4v) is 2.17. The normalized spacial score (nSPS) is 12.2. The zero-order chi connectivity index (χ0) is 22.0. The monoisotopic (exact) mass is 447 g/mol. The van der Waals surface area contributed by atoms with Crippen molar-refractivity contribution in [3.63, 3.8) is 0 Å². The number of halogens is 3. The molecule has 0 saturated carbocycles. The molecule has 1 aromatic rings. The number of rotatable bonds is 7. The molecule has 6 N–H and O–H groups in total. The lowest BCUT2D eigenvalue weighted by Crippen LogP contribution is -2.39. The molecule has 0 aliphatic heterocycles. The number of benzene rings is 1. The van der Waals surface area contributed by atoms with Crippen molar-refractivity contribution in [2.75, 3.05) is 13.1 Å². The van der Waals surface area contributed by atoms with Gasteiger partial charge in [0.05, 0.1) is 5.71 Å². The van der Waals surface area contributed by atoms with Crippen molar-refractivity contribution in [1.29, 1.82) is 0 Å². The Morgan fingerprint density at radius 1 is 1.03 bits per heavy atom. The molecule has 0 heterocycles. The number of nitrogens with two attached hydrogens (primary N) is 1. The maximum atomic E-state index is 12.3. The van der Waals surface area contributed by atoms with Crippen LogP contribution in [0.5, 0.6) is 0 Å². The summed E-state index contributed by atoms with van der Waals surface area (Å²) in [4.78, 5) is 11.2. The van der Waals surface area contributed by atoms with Gasteiger partial charge in [-0.1, -0.05) is 12.1 Å². The van der Waals surface area contributed by atoms with Crippen LogP contribution in [0.25, 0.3) is 0 Å². The van der Waals surface area contributed by atoms with Crippen molar-refractivity contribution in [1.82, 2.24) is 21.5 Å². The standard InChI is InChI=1S/C16H20F3N7OS2/c1-3-21-14(28)25-23-9(2)12(10-4-6-11(7-5-10)13(20)27)24-26-15(29)22-8-16(17,18)19/h4-7H,3,8H2,1-2H3,(H2,20,27)(H2,21,25,28)(H2,22,26,29). The molecule has 0 radical (unpaired) electrons. The molecule has 29 heavy (non-hydrogen) atoms. The number of nitrogens with zero attached hydrogens (tertiary/aromatic N) is 2. The summed E-state index contributed by atoms with van der Waals surface area (Å²) in [5.41, 5.74) is 11.6. The average molecular weight is 448 g/mol. The van der Waals surface area contributed by atoms with Crippen LogP contribution < -0.4 is 27.2 Å². The Labute approximate surface area is 176 Å². The van der Waals surface area contributed by atoms with E-state index in [4.69, 9.17) is 30.2 Å². The minimum Gasteiger partial charge on any atom is -0.366 e. The van der Waals surface area contributed by atoms with Gasteiger partial charge in [0, 0.05) is 17.7 Å². The van der Waals surface area contributed by atoms with Gasteiger partial charge < -0.3 is 16.4 Å². The second-order valence-electron chi connectivity index (χ2n) is 5.48. The number of alkyl halides is 3. The molecule has 13 heteroatoms. The second kappa shape index (κ2) is 11.3. The van der Waals surface area contributed by atoms with E-state index in [1.165, 1.54) is 12.1 Å². The van der Waals surface area contributed by atoms with E-state index in [2.05, 4.69) is 26.4 Å². The molecule has 1 aromatic carbocycles. The summed E-state index contributed by atoms with van der Waals surface area (Å²) < 4.78 is 36.8. The van der Waals surface area contributed by atoms with Crippen LogP contribution in [-0.4, -0.2) is 46.8 Å². The molecule has 0 fully saturated rings. The van der Waals surface area contributed by atoms with E-state index < -0.39 is 18.6 Å². The van der Waals surface area contributed by atoms with Crippen LogP contribution >= 0.6 is 24.4 Å². The molecule has 0 spiro atoms. The molecule has 0 unspecified atom stereocenters. The molecule has 1 amide bonds.